The normalized spacial score (nSPS) is 13.9. The van der Waals surface area contributed by atoms with Gasteiger partial charge in [0.2, 0.25) is 15.9 Å². The zero-order valence-electron chi connectivity index (χ0n) is 20.5. The molecular weight excluding hydrogens is 462 g/mol. The van der Waals surface area contributed by atoms with Crippen molar-refractivity contribution >= 4 is 27.5 Å². The van der Waals surface area contributed by atoms with Crippen LogP contribution in [-0.2, 0) is 21.2 Å². The second kappa shape index (κ2) is 15.7. The topological polar surface area (TPSA) is 98.7 Å². The summed E-state index contributed by atoms with van der Waals surface area (Å²) in [5, 5.41) is 17.5. The van der Waals surface area contributed by atoms with Crippen molar-refractivity contribution in [1.29, 1.82) is 0 Å². The Morgan fingerprint density at radius 2 is 1.73 bits per heavy atom. The largest absolute Gasteiger partial charge is 0.390 e. The van der Waals surface area contributed by atoms with E-state index in [1.54, 1.807) is 12.1 Å². The highest BCUT2D eigenvalue weighted by Crippen LogP contribution is 2.13. The van der Waals surface area contributed by atoms with Gasteiger partial charge in [0.05, 0.1) is 17.9 Å². The fraction of sp³-hybridized carbons (Fsp3) is 0.708. The second-order valence-corrected chi connectivity index (χ2v) is 11.4. The van der Waals surface area contributed by atoms with E-state index in [4.69, 9.17) is 11.6 Å². The molecule has 0 aliphatic carbocycles. The summed E-state index contributed by atoms with van der Waals surface area (Å²) in [5.74, 6) is -0.0669. The molecule has 9 heteroatoms. The molecule has 1 aromatic rings. The number of nitrogens with one attached hydrogen (secondary N) is 2. The van der Waals surface area contributed by atoms with Crippen molar-refractivity contribution in [2.45, 2.75) is 71.9 Å². The molecule has 2 atom stereocenters. The molecular formula is C24H42ClN3O4S. The van der Waals surface area contributed by atoms with E-state index in [-0.39, 0.29) is 18.1 Å². The minimum atomic E-state index is -3.50. The van der Waals surface area contributed by atoms with E-state index in [2.05, 4.69) is 24.5 Å². The lowest BCUT2D eigenvalue weighted by molar-refractivity contribution is -0.122. The summed E-state index contributed by atoms with van der Waals surface area (Å²) in [6.07, 6.45) is 1.90. The van der Waals surface area contributed by atoms with Gasteiger partial charge >= 0.3 is 0 Å². The lowest BCUT2D eigenvalue weighted by atomic mass is 10.0. The second-order valence-electron chi connectivity index (χ2n) is 8.92. The van der Waals surface area contributed by atoms with Crippen LogP contribution in [0.2, 0.25) is 5.02 Å². The number of halogens is 1. The van der Waals surface area contributed by atoms with Gasteiger partial charge in [-0.1, -0.05) is 51.4 Å². The van der Waals surface area contributed by atoms with Crippen molar-refractivity contribution in [3.05, 3.63) is 34.9 Å². The first-order valence-electron chi connectivity index (χ1n) is 12.0. The van der Waals surface area contributed by atoms with Crippen molar-refractivity contribution in [1.82, 2.24) is 14.9 Å². The number of amides is 1. The molecule has 0 heterocycles. The van der Waals surface area contributed by atoms with Crippen molar-refractivity contribution in [3.8, 4) is 0 Å². The Kier molecular flexibility index (Phi) is 14.2. The van der Waals surface area contributed by atoms with Crippen LogP contribution in [0.3, 0.4) is 0 Å². The maximum atomic E-state index is 12.7. The summed E-state index contributed by atoms with van der Waals surface area (Å²) >= 11 is 5.97. The molecule has 1 rings (SSSR count). The number of sulfonamides is 1. The van der Waals surface area contributed by atoms with E-state index < -0.39 is 22.2 Å². The Morgan fingerprint density at radius 1 is 1.12 bits per heavy atom. The Bertz CT molecular complexity index is 781. The van der Waals surface area contributed by atoms with Gasteiger partial charge in [0.25, 0.3) is 0 Å². The zero-order chi connectivity index (χ0) is 24.9. The molecule has 1 aromatic carbocycles. The van der Waals surface area contributed by atoms with Crippen LogP contribution in [-0.4, -0.2) is 67.8 Å². The lowest BCUT2D eigenvalue weighted by Gasteiger charge is -2.25. The van der Waals surface area contributed by atoms with Gasteiger partial charge in [-0.15, -0.1) is 0 Å². The quantitative estimate of drug-likeness (QED) is 0.283. The van der Waals surface area contributed by atoms with E-state index in [0.29, 0.717) is 37.0 Å². The van der Waals surface area contributed by atoms with Crippen LogP contribution < -0.4 is 10.6 Å². The van der Waals surface area contributed by atoms with E-state index >= 15 is 0 Å². The summed E-state index contributed by atoms with van der Waals surface area (Å²) < 4.78 is 26.8. The molecule has 0 spiro atoms. The number of benzene rings is 1. The molecule has 0 fully saturated rings. The highest BCUT2D eigenvalue weighted by molar-refractivity contribution is 7.89. The van der Waals surface area contributed by atoms with Gasteiger partial charge in [-0.25, -0.2) is 12.7 Å². The average molecular weight is 504 g/mol. The number of rotatable bonds is 17. The lowest BCUT2D eigenvalue weighted by Crippen LogP contribution is -2.49. The molecule has 1 amide bonds. The van der Waals surface area contributed by atoms with Gasteiger partial charge in [0.15, 0.2) is 0 Å². The number of hydrogen-bond acceptors (Lipinski definition) is 5. The molecule has 190 valence electrons. The van der Waals surface area contributed by atoms with Crippen molar-refractivity contribution in [2.75, 3.05) is 31.9 Å². The molecule has 0 aliphatic heterocycles. The van der Waals surface area contributed by atoms with Gasteiger partial charge < -0.3 is 15.7 Å². The van der Waals surface area contributed by atoms with Crippen LogP contribution >= 0.6 is 11.6 Å². The number of hydrogen-bond donors (Lipinski definition) is 3. The van der Waals surface area contributed by atoms with Gasteiger partial charge in [-0.3, -0.25) is 4.79 Å². The number of aliphatic hydroxyl groups excluding tert-OH is 1. The number of nitrogens with zero attached hydrogens (tertiary/aromatic N) is 1. The monoisotopic (exact) mass is 503 g/mol. The highest BCUT2D eigenvalue weighted by atomic mass is 35.5. The molecule has 3 N–H and O–H groups in total. The molecule has 0 saturated carbocycles. The van der Waals surface area contributed by atoms with Crippen molar-refractivity contribution < 1.29 is 18.3 Å². The van der Waals surface area contributed by atoms with Crippen molar-refractivity contribution in [3.63, 3.8) is 0 Å². The molecule has 0 aliphatic rings. The van der Waals surface area contributed by atoms with E-state index in [1.807, 2.05) is 26.0 Å². The van der Waals surface area contributed by atoms with Crippen LogP contribution in [0.5, 0.6) is 0 Å². The molecule has 33 heavy (non-hydrogen) atoms. The Balaban J connectivity index is 2.77. The summed E-state index contributed by atoms with van der Waals surface area (Å²) in [5.41, 5.74) is 0.926. The summed E-state index contributed by atoms with van der Waals surface area (Å²) in [6.45, 7) is 10.2. The SMILES string of the molecule is CCCN(CCC)S(=O)(=O)CCC(=O)N[C@@H](Cc1ccc(Cl)cc1)[C@@H](O)CNCCC(C)C. The summed E-state index contributed by atoms with van der Waals surface area (Å²) in [4.78, 5) is 12.7. The van der Waals surface area contributed by atoms with E-state index in [0.717, 1.165) is 31.4 Å². The van der Waals surface area contributed by atoms with E-state index in [1.165, 1.54) is 4.31 Å². The van der Waals surface area contributed by atoms with Gasteiger partial charge in [-0.2, -0.15) is 0 Å². The predicted molar refractivity (Wildman–Crippen MR) is 136 cm³/mol. The molecule has 0 bridgehead atoms. The molecule has 7 nitrogen and oxygen atoms in total. The standard InChI is InChI=1S/C24H42ClN3O4S/c1-5-14-28(15-6-2)33(31,32)16-12-24(30)27-22(17-20-7-9-21(25)10-8-20)23(29)18-26-13-11-19(3)4/h7-10,19,22-23,26,29H,5-6,11-18H2,1-4H3,(H,27,30)/t22-,23-/m0/s1. The van der Waals surface area contributed by atoms with Crippen LogP contribution in [0.4, 0.5) is 0 Å². The first-order chi connectivity index (χ1) is 15.6. The minimum Gasteiger partial charge on any atom is -0.390 e. The van der Waals surface area contributed by atoms with Crippen LogP contribution in [0.25, 0.3) is 0 Å². The van der Waals surface area contributed by atoms with Gasteiger partial charge in [-0.05, 0) is 55.8 Å². The Morgan fingerprint density at radius 3 is 2.27 bits per heavy atom. The van der Waals surface area contributed by atoms with E-state index in [9.17, 15) is 18.3 Å². The maximum absolute atomic E-state index is 12.7. The third-order valence-corrected chi connectivity index (χ3v) is 7.48. The first-order valence-corrected chi connectivity index (χ1v) is 14.0. The molecule has 0 saturated heterocycles. The first kappa shape index (κ1) is 29.8. The average Bonchev–Trinajstić information content (AvgIpc) is 2.76. The predicted octanol–water partition coefficient (Wildman–Crippen LogP) is 3.21. The summed E-state index contributed by atoms with van der Waals surface area (Å²) in [7, 11) is -3.50. The van der Waals surface area contributed by atoms with Crippen LogP contribution in [0, 0.1) is 5.92 Å². The molecule has 0 aromatic heterocycles. The fourth-order valence-electron chi connectivity index (χ4n) is 3.46. The van der Waals surface area contributed by atoms with Gasteiger partial charge in [0.1, 0.15) is 0 Å². The smallest absolute Gasteiger partial charge is 0.221 e. The fourth-order valence-corrected chi connectivity index (χ4v) is 5.21. The number of aliphatic hydroxyl groups is 1. The van der Waals surface area contributed by atoms with Crippen LogP contribution in [0.15, 0.2) is 24.3 Å². The Hall–Kier alpha value is -1.19. The highest BCUT2D eigenvalue weighted by Gasteiger charge is 2.25. The van der Waals surface area contributed by atoms with Gasteiger partial charge in [0, 0.05) is 31.1 Å². The van der Waals surface area contributed by atoms with Crippen LogP contribution in [0.1, 0.15) is 58.9 Å². The third-order valence-electron chi connectivity index (χ3n) is 5.36. The number of carbonyl (C=O) groups excluding carboxylic acids is 1. The minimum absolute atomic E-state index is 0.142. The van der Waals surface area contributed by atoms with Crippen molar-refractivity contribution in [2.24, 2.45) is 5.92 Å². The zero-order valence-corrected chi connectivity index (χ0v) is 22.1. The molecule has 0 radical (unpaired) electrons. The Labute approximate surface area is 205 Å². The third kappa shape index (κ3) is 12.2. The molecule has 0 unspecified atom stereocenters. The number of carbonyl (C=O) groups is 1. The maximum Gasteiger partial charge on any atom is 0.221 e. The summed E-state index contributed by atoms with van der Waals surface area (Å²) in [6, 6.07) is 6.71.